The molecule has 0 saturated carbocycles. The van der Waals surface area contributed by atoms with Crippen LogP contribution < -0.4 is 4.74 Å². The zero-order chi connectivity index (χ0) is 22.2. The van der Waals surface area contributed by atoms with Crippen molar-refractivity contribution in [2.75, 3.05) is 26.7 Å². The maximum Gasteiger partial charge on any atom is 0.414 e. The molecule has 2 heterocycles. The molecule has 1 fully saturated rings. The van der Waals surface area contributed by atoms with Gasteiger partial charge >= 0.3 is 11.9 Å². The molecule has 1 aromatic carbocycles. The van der Waals surface area contributed by atoms with Crippen LogP contribution in [0.5, 0.6) is 5.75 Å². The quantitative estimate of drug-likeness (QED) is 0.654. The predicted molar refractivity (Wildman–Crippen MR) is 121 cm³/mol. The van der Waals surface area contributed by atoms with E-state index in [1.807, 2.05) is 11.3 Å². The summed E-state index contributed by atoms with van der Waals surface area (Å²) in [5.41, 5.74) is 3.15. The Morgan fingerprint density at radius 3 is 2.35 bits per heavy atom. The number of aliphatic carboxylic acids is 2. The summed E-state index contributed by atoms with van der Waals surface area (Å²) < 4.78 is 5.27. The summed E-state index contributed by atoms with van der Waals surface area (Å²) in [5.74, 6) is -1.15. The van der Waals surface area contributed by atoms with E-state index in [0.29, 0.717) is 0 Å². The number of hydrogen-bond acceptors (Lipinski definition) is 5. The van der Waals surface area contributed by atoms with Crippen LogP contribution >= 0.6 is 11.3 Å². The molecule has 31 heavy (non-hydrogen) atoms. The number of methoxy groups -OCH3 is 1. The number of nitrogens with zero attached hydrogens (tertiary/aromatic N) is 1. The van der Waals surface area contributed by atoms with Crippen molar-refractivity contribution in [3.63, 3.8) is 0 Å². The van der Waals surface area contributed by atoms with Crippen LogP contribution in [0.15, 0.2) is 35.7 Å². The maximum atomic E-state index is 9.10. The van der Waals surface area contributed by atoms with Crippen LogP contribution in [0.4, 0.5) is 0 Å². The lowest BCUT2D eigenvalue weighted by Gasteiger charge is -2.33. The van der Waals surface area contributed by atoms with Crippen LogP contribution in [0, 0.1) is 0 Å². The van der Waals surface area contributed by atoms with Gasteiger partial charge in [-0.15, -0.1) is 11.3 Å². The van der Waals surface area contributed by atoms with Crippen molar-refractivity contribution >= 4 is 23.3 Å². The second-order valence-electron chi connectivity index (χ2n) is 8.18. The number of hydrogen-bond donors (Lipinski definition) is 2. The maximum absolute atomic E-state index is 9.10. The molecule has 7 heteroatoms. The van der Waals surface area contributed by atoms with Crippen molar-refractivity contribution in [3.8, 4) is 5.75 Å². The molecule has 1 saturated heterocycles. The zero-order valence-corrected chi connectivity index (χ0v) is 18.8. The van der Waals surface area contributed by atoms with Gasteiger partial charge in [0, 0.05) is 4.88 Å². The lowest BCUT2D eigenvalue weighted by molar-refractivity contribution is -0.159. The fourth-order valence-corrected chi connectivity index (χ4v) is 5.60. The molecule has 0 amide bonds. The number of aryl methyl sites for hydroxylation is 1. The van der Waals surface area contributed by atoms with Gasteiger partial charge in [-0.2, -0.15) is 0 Å². The predicted octanol–water partition coefficient (Wildman–Crippen LogP) is 4.60. The molecule has 4 rings (SSSR count). The Morgan fingerprint density at radius 1 is 1.06 bits per heavy atom. The lowest BCUT2D eigenvalue weighted by Crippen LogP contribution is -2.34. The first-order chi connectivity index (χ1) is 15.0. The highest BCUT2D eigenvalue weighted by Gasteiger charge is 2.24. The normalized spacial score (nSPS) is 19.1. The van der Waals surface area contributed by atoms with E-state index in [0.717, 1.165) is 17.6 Å². The number of rotatable bonds is 5. The number of carboxylic acid groups (broad SMARTS) is 2. The SMILES string of the molecule is COc1ccc(C2CCN(CCC3CCCc4sccc43)CC2)cc1.O=C(O)C(=O)O. The van der Waals surface area contributed by atoms with E-state index in [-0.39, 0.29) is 0 Å². The highest BCUT2D eigenvalue weighted by molar-refractivity contribution is 7.10. The average Bonchev–Trinajstić information content (AvgIpc) is 3.28. The molecule has 0 spiro atoms. The Morgan fingerprint density at radius 2 is 1.74 bits per heavy atom. The summed E-state index contributed by atoms with van der Waals surface area (Å²) in [6.45, 7) is 3.77. The number of carboxylic acids is 2. The number of carbonyl (C=O) groups is 2. The molecule has 1 unspecified atom stereocenters. The third-order valence-electron chi connectivity index (χ3n) is 6.33. The molecule has 1 aliphatic heterocycles. The molecule has 1 aromatic heterocycles. The van der Waals surface area contributed by atoms with Crippen LogP contribution in [0.1, 0.15) is 59.9 Å². The van der Waals surface area contributed by atoms with E-state index >= 15 is 0 Å². The molecular formula is C24H31NO5S. The largest absolute Gasteiger partial charge is 0.497 e. The molecular weight excluding hydrogens is 414 g/mol. The molecule has 1 aliphatic carbocycles. The van der Waals surface area contributed by atoms with Crippen LogP contribution in [-0.4, -0.2) is 53.8 Å². The Bertz CT molecular complexity index is 843. The molecule has 2 aliphatic rings. The van der Waals surface area contributed by atoms with Gasteiger partial charge in [0.15, 0.2) is 0 Å². The van der Waals surface area contributed by atoms with Crippen molar-refractivity contribution < 1.29 is 24.5 Å². The summed E-state index contributed by atoms with van der Waals surface area (Å²) in [6.07, 6.45) is 8.03. The van der Waals surface area contributed by atoms with E-state index in [4.69, 9.17) is 24.5 Å². The molecule has 0 bridgehead atoms. The molecule has 2 N–H and O–H groups in total. The van der Waals surface area contributed by atoms with Crippen molar-refractivity contribution in [3.05, 3.63) is 51.7 Å². The van der Waals surface area contributed by atoms with E-state index in [1.54, 1.807) is 17.6 Å². The van der Waals surface area contributed by atoms with E-state index in [9.17, 15) is 0 Å². The van der Waals surface area contributed by atoms with Gasteiger partial charge in [-0.05, 0) is 105 Å². The van der Waals surface area contributed by atoms with E-state index in [1.165, 1.54) is 63.7 Å². The summed E-state index contributed by atoms with van der Waals surface area (Å²) in [7, 11) is 1.73. The Kier molecular flexibility index (Phi) is 8.49. The van der Waals surface area contributed by atoms with Gasteiger partial charge < -0.3 is 19.8 Å². The first kappa shape index (κ1) is 23.3. The summed E-state index contributed by atoms with van der Waals surface area (Å²) in [6, 6.07) is 11.1. The minimum absolute atomic E-state index is 0.723. The molecule has 6 nitrogen and oxygen atoms in total. The van der Waals surface area contributed by atoms with Crippen LogP contribution in [0.3, 0.4) is 0 Å². The van der Waals surface area contributed by atoms with Crippen LogP contribution in [0.2, 0.25) is 0 Å². The van der Waals surface area contributed by atoms with Gasteiger partial charge in [-0.1, -0.05) is 12.1 Å². The first-order valence-corrected chi connectivity index (χ1v) is 11.7. The number of ether oxygens (including phenoxy) is 1. The highest BCUT2D eigenvalue weighted by atomic mass is 32.1. The van der Waals surface area contributed by atoms with Gasteiger partial charge in [-0.3, -0.25) is 0 Å². The smallest absolute Gasteiger partial charge is 0.414 e. The van der Waals surface area contributed by atoms with Crippen molar-refractivity contribution in [1.29, 1.82) is 0 Å². The van der Waals surface area contributed by atoms with Gasteiger partial charge in [0.05, 0.1) is 7.11 Å². The summed E-state index contributed by atoms with van der Waals surface area (Å²) in [4.78, 5) is 22.6. The van der Waals surface area contributed by atoms with Crippen molar-refractivity contribution in [2.24, 2.45) is 0 Å². The fourth-order valence-electron chi connectivity index (χ4n) is 4.59. The van der Waals surface area contributed by atoms with Crippen LogP contribution in [0.25, 0.3) is 0 Å². The monoisotopic (exact) mass is 445 g/mol. The Labute approximate surface area is 187 Å². The van der Waals surface area contributed by atoms with E-state index < -0.39 is 11.9 Å². The highest BCUT2D eigenvalue weighted by Crippen LogP contribution is 2.37. The molecule has 168 valence electrons. The lowest BCUT2D eigenvalue weighted by atomic mass is 9.85. The number of benzene rings is 1. The molecule has 2 aromatic rings. The van der Waals surface area contributed by atoms with Crippen molar-refractivity contribution in [2.45, 2.75) is 50.4 Å². The fraction of sp³-hybridized carbons (Fsp3) is 0.500. The molecule has 1 atom stereocenters. The minimum atomic E-state index is -1.82. The average molecular weight is 446 g/mol. The Hall–Kier alpha value is -2.38. The summed E-state index contributed by atoms with van der Waals surface area (Å²) in [5, 5.41) is 17.1. The topological polar surface area (TPSA) is 87.1 Å². The number of thiophene rings is 1. The summed E-state index contributed by atoms with van der Waals surface area (Å²) >= 11 is 1.97. The van der Waals surface area contributed by atoms with Crippen molar-refractivity contribution in [1.82, 2.24) is 4.90 Å². The van der Waals surface area contributed by atoms with E-state index in [2.05, 4.69) is 40.6 Å². The first-order valence-electron chi connectivity index (χ1n) is 10.9. The Balaban J connectivity index is 0.000000401. The van der Waals surface area contributed by atoms with Gasteiger partial charge in [0.2, 0.25) is 0 Å². The molecule has 0 radical (unpaired) electrons. The second kappa shape index (κ2) is 11.3. The number of fused-ring (bicyclic) bond motifs is 1. The van der Waals surface area contributed by atoms with Gasteiger partial charge in [-0.25, -0.2) is 9.59 Å². The van der Waals surface area contributed by atoms with Gasteiger partial charge in [0.1, 0.15) is 5.75 Å². The standard InChI is InChI=1S/C22H29NOS.C2H2O4/c1-24-20-7-5-17(6-8-20)18-9-13-23(14-10-18)15-11-19-3-2-4-22-21(19)12-16-25-22;3-1(4)2(5)6/h5-8,12,16,18-19H,2-4,9-11,13-15H2,1H3;(H,3,4)(H,5,6). The minimum Gasteiger partial charge on any atom is -0.497 e. The zero-order valence-electron chi connectivity index (χ0n) is 18.0. The third kappa shape index (κ3) is 6.55. The number of piperidine rings is 1. The number of likely N-dealkylation sites (tertiary alicyclic amines) is 1. The van der Waals surface area contributed by atoms with Crippen LogP contribution in [-0.2, 0) is 16.0 Å². The third-order valence-corrected chi connectivity index (χ3v) is 7.32. The second-order valence-corrected chi connectivity index (χ2v) is 9.18. The van der Waals surface area contributed by atoms with Gasteiger partial charge in [0.25, 0.3) is 0 Å².